The van der Waals surface area contributed by atoms with Crippen molar-refractivity contribution < 1.29 is 0 Å². The quantitative estimate of drug-likeness (QED) is 0.768. The maximum atomic E-state index is 4.52. The van der Waals surface area contributed by atoms with Crippen molar-refractivity contribution in [3.63, 3.8) is 0 Å². The van der Waals surface area contributed by atoms with Gasteiger partial charge < -0.3 is 9.88 Å². The van der Waals surface area contributed by atoms with Crippen molar-refractivity contribution >= 4 is 11.3 Å². The predicted octanol–water partition coefficient (Wildman–Crippen LogP) is 1.14. The van der Waals surface area contributed by atoms with Crippen LogP contribution >= 0.6 is 11.3 Å². The van der Waals surface area contributed by atoms with Gasteiger partial charge in [-0.05, 0) is 6.92 Å². The first-order valence-corrected chi connectivity index (χ1v) is 7.68. The fraction of sp³-hybridized carbons (Fsp3) is 0.385. The average Bonchev–Trinajstić information content (AvgIpc) is 3.17. The first-order valence-electron chi connectivity index (χ1n) is 6.80. The number of rotatable bonds is 2. The number of aryl methyl sites for hydroxylation is 2. The third-order valence-corrected chi connectivity index (χ3v) is 4.40. The molecule has 0 bridgehead atoms. The van der Waals surface area contributed by atoms with Crippen LogP contribution in [0.15, 0.2) is 17.8 Å². The average molecular weight is 301 g/mol. The molecule has 0 fully saturated rings. The fourth-order valence-corrected chi connectivity index (χ4v) is 3.26. The van der Waals surface area contributed by atoms with Gasteiger partial charge in [0.25, 0.3) is 0 Å². The van der Waals surface area contributed by atoms with Crippen LogP contribution in [0.1, 0.15) is 22.4 Å². The number of fused-ring (bicyclic) bond motifs is 1. The summed E-state index contributed by atoms with van der Waals surface area (Å²) in [6.07, 6.45) is 3.88. The zero-order valence-corrected chi connectivity index (χ0v) is 12.6. The molecule has 4 heterocycles. The molecule has 0 aliphatic carbocycles. The van der Waals surface area contributed by atoms with Crippen LogP contribution in [0.4, 0.5) is 0 Å². The summed E-state index contributed by atoms with van der Waals surface area (Å²) in [6.45, 7) is 3.73. The van der Waals surface area contributed by atoms with E-state index in [0.29, 0.717) is 0 Å². The molecule has 0 spiro atoms. The number of thiazole rings is 1. The lowest BCUT2D eigenvalue weighted by Gasteiger charge is -2.24. The minimum Gasteiger partial charge on any atom is -0.307 e. The summed E-state index contributed by atoms with van der Waals surface area (Å²) in [5.74, 6) is 1.78. The molecule has 1 atom stereocenters. The van der Waals surface area contributed by atoms with Gasteiger partial charge in [-0.15, -0.1) is 21.5 Å². The van der Waals surface area contributed by atoms with Crippen LogP contribution in [0, 0.1) is 6.92 Å². The van der Waals surface area contributed by atoms with Crippen LogP contribution in [0.3, 0.4) is 0 Å². The largest absolute Gasteiger partial charge is 0.307 e. The van der Waals surface area contributed by atoms with E-state index in [1.807, 2.05) is 31.7 Å². The predicted molar refractivity (Wildman–Crippen MR) is 78.9 cm³/mol. The summed E-state index contributed by atoms with van der Waals surface area (Å²) >= 11 is 1.63. The molecule has 7 nitrogen and oxygen atoms in total. The van der Waals surface area contributed by atoms with Crippen LogP contribution in [0.5, 0.6) is 0 Å². The Kier molecular flexibility index (Phi) is 2.86. The number of nitrogens with one attached hydrogen (secondary N) is 1. The Morgan fingerprint density at radius 2 is 2.29 bits per heavy atom. The Balaban J connectivity index is 1.78. The van der Waals surface area contributed by atoms with Crippen molar-refractivity contribution in [2.24, 2.45) is 7.05 Å². The second-order valence-electron chi connectivity index (χ2n) is 5.12. The molecule has 1 aliphatic heterocycles. The summed E-state index contributed by atoms with van der Waals surface area (Å²) in [7, 11) is 1.92. The molecule has 1 N–H and O–H groups in total. The molecular formula is C13H15N7S. The molecule has 8 heteroatoms. The molecule has 3 aromatic heterocycles. The highest BCUT2D eigenvalue weighted by molar-refractivity contribution is 7.09. The van der Waals surface area contributed by atoms with Gasteiger partial charge in [-0.3, -0.25) is 4.68 Å². The summed E-state index contributed by atoms with van der Waals surface area (Å²) < 4.78 is 3.96. The lowest BCUT2D eigenvalue weighted by molar-refractivity contribution is 0.457. The first kappa shape index (κ1) is 12.7. The molecule has 1 aliphatic rings. The van der Waals surface area contributed by atoms with Gasteiger partial charge in [0, 0.05) is 37.3 Å². The molecular weight excluding hydrogens is 286 g/mol. The molecule has 1 unspecified atom stereocenters. The van der Waals surface area contributed by atoms with Crippen LogP contribution in [0.2, 0.25) is 0 Å². The summed E-state index contributed by atoms with van der Waals surface area (Å²) in [4.78, 5) is 4.52. The summed E-state index contributed by atoms with van der Waals surface area (Å²) in [6, 6.07) is 0.0356. The van der Waals surface area contributed by atoms with Crippen molar-refractivity contribution in [1.82, 2.24) is 34.8 Å². The molecule has 4 rings (SSSR count). The highest BCUT2D eigenvalue weighted by Crippen LogP contribution is 2.28. The molecule has 0 saturated heterocycles. The molecule has 0 amide bonds. The molecule has 21 heavy (non-hydrogen) atoms. The van der Waals surface area contributed by atoms with E-state index in [2.05, 4.69) is 30.2 Å². The van der Waals surface area contributed by atoms with Gasteiger partial charge in [-0.25, -0.2) is 4.98 Å². The molecule has 3 aromatic rings. The van der Waals surface area contributed by atoms with E-state index in [1.165, 1.54) is 0 Å². The van der Waals surface area contributed by atoms with Crippen LogP contribution < -0.4 is 5.32 Å². The SMILES string of the molecule is Cc1nc(-c2nnc3n2CCNC3c2cnn(C)c2)cs1. The number of hydrogen-bond donors (Lipinski definition) is 1. The zero-order chi connectivity index (χ0) is 14.4. The van der Waals surface area contributed by atoms with Crippen LogP contribution in [-0.2, 0) is 13.6 Å². The second kappa shape index (κ2) is 4.74. The minimum atomic E-state index is 0.0356. The van der Waals surface area contributed by atoms with E-state index >= 15 is 0 Å². The van der Waals surface area contributed by atoms with Gasteiger partial charge in [0.15, 0.2) is 11.6 Å². The standard InChI is InChI=1S/C13H15N7S/c1-8-16-10(7-21-8)12-17-18-13-11(14-3-4-20(12)13)9-5-15-19(2)6-9/h5-7,11,14H,3-4H2,1-2H3. The summed E-state index contributed by atoms with van der Waals surface area (Å²) in [5.41, 5.74) is 2.01. The van der Waals surface area contributed by atoms with E-state index in [-0.39, 0.29) is 6.04 Å². The lowest BCUT2D eigenvalue weighted by atomic mass is 10.1. The highest BCUT2D eigenvalue weighted by atomic mass is 32.1. The van der Waals surface area contributed by atoms with Crippen molar-refractivity contribution in [2.45, 2.75) is 19.5 Å². The van der Waals surface area contributed by atoms with Crippen molar-refractivity contribution in [3.8, 4) is 11.5 Å². The van der Waals surface area contributed by atoms with E-state index in [4.69, 9.17) is 0 Å². The topological polar surface area (TPSA) is 73.5 Å². The van der Waals surface area contributed by atoms with Crippen molar-refractivity contribution in [3.05, 3.63) is 34.2 Å². The highest BCUT2D eigenvalue weighted by Gasteiger charge is 2.28. The zero-order valence-electron chi connectivity index (χ0n) is 11.8. The number of hydrogen-bond acceptors (Lipinski definition) is 6. The van der Waals surface area contributed by atoms with Gasteiger partial charge in [-0.1, -0.05) is 0 Å². The lowest BCUT2D eigenvalue weighted by Crippen LogP contribution is -2.34. The smallest absolute Gasteiger partial charge is 0.183 e. The maximum Gasteiger partial charge on any atom is 0.183 e. The van der Waals surface area contributed by atoms with Gasteiger partial charge in [0.1, 0.15) is 5.69 Å². The van der Waals surface area contributed by atoms with Crippen molar-refractivity contribution in [1.29, 1.82) is 0 Å². The summed E-state index contributed by atoms with van der Waals surface area (Å²) in [5, 5.41) is 19.5. The third kappa shape index (κ3) is 2.07. The normalized spacial score (nSPS) is 17.9. The van der Waals surface area contributed by atoms with E-state index < -0.39 is 0 Å². The Morgan fingerprint density at radius 1 is 1.38 bits per heavy atom. The number of aromatic nitrogens is 6. The molecule has 108 valence electrons. The first-order chi connectivity index (χ1) is 10.2. The minimum absolute atomic E-state index is 0.0356. The van der Waals surface area contributed by atoms with E-state index in [0.717, 1.165) is 41.0 Å². The van der Waals surface area contributed by atoms with Gasteiger partial charge in [0.05, 0.1) is 17.2 Å². The molecule has 0 radical (unpaired) electrons. The maximum absolute atomic E-state index is 4.52. The van der Waals surface area contributed by atoms with E-state index in [1.54, 1.807) is 16.0 Å². The molecule has 0 saturated carbocycles. The Bertz CT molecular complexity index is 784. The molecule has 0 aromatic carbocycles. The van der Waals surface area contributed by atoms with Gasteiger partial charge in [-0.2, -0.15) is 5.10 Å². The van der Waals surface area contributed by atoms with Crippen molar-refractivity contribution in [2.75, 3.05) is 6.54 Å². The second-order valence-corrected chi connectivity index (χ2v) is 6.18. The monoisotopic (exact) mass is 301 g/mol. The van der Waals surface area contributed by atoms with E-state index in [9.17, 15) is 0 Å². The van der Waals surface area contributed by atoms with Gasteiger partial charge in [0.2, 0.25) is 0 Å². The third-order valence-electron chi connectivity index (χ3n) is 3.63. The van der Waals surface area contributed by atoms with Gasteiger partial charge >= 0.3 is 0 Å². The fourth-order valence-electron chi connectivity index (χ4n) is 2.67. The Morgan fingerprint density at radius 3 is 3.00 bits per heavy atom. The van der Waals surface area contributed by atoms with Crippen LogP contribution in [0.25, 0.3) is 11.5 Å². The Labute approximate surface area is 125 Å². The van der Waals surface area contributed by atoms with Crippen LogP contribution in [-0.4, -0.2) is 36.1 Å². The number of nitrogens with zero attached hydrogens (tertiary/aromatic N) is 6. The Hall–Kier alpha value is -2.06.